The fourth-order valence-electron chi connectivity index (χ4n) is 4.84. The number of rotatable bonds is 10. The van der Waals surface area contributed by atoms with Crippen molar-refractivity contribution < 1.29 is 17.9 Å². The molecular weight excluding hydrogens is 490 g/mol. The van der Waals surface area contributed by atoms with E-state index < -0.39 is 21.6 Å². The molecule has 0 aliphatic heterocycles. The van der Waals surface area contributed by atoms with Gasteiger partial charge in [0, 0.05) is 36.0 Å². The van der Waals surface area contributed by atoms with E-state index >= 15 is 0 Å². The molecule has 2 aromatic heterocycles. The van der Waals surface area contributed by atoms with Crippen molar-refractivity contribution in [3.8, 4) is 5.75 Å². The molecule has 0 amide bonds. The van der Waals surface area contributed by atoms with Gasteiger partial charge < -0.3 is 14.5 Å². The predicted molar refractivity (Wildman–Crippen MR) is 140 cm³/mol. The Morgan fingerprint density at radius 1 is 1.14 bits per heavy atom. The summed E-state index contributed by atoms with van der Waals surface area (Å²) in [6.07, 6.45) is 6.05. The van der Waals surface area contributed by atoms with E-state index in [2.05, 4.69) is 14.7 Å². The molecule has 2 aromatic carbocycles. The van der Waals surface area contributed by atoms with E-state index in [0.29, 0.717) is 17.9 Å². The van der Waals surface area contributed by atoms with Gasteiger partial charge in [0.1, 0.15) is 11.5 Å². The summed E-state index contributed by atoms with van der Waals surface area (Å²) in [6, 6.07) is 18.4. The van der Waals surface area contributed by atoms with Crippen LogP contribution in [0.5, 0.6) is 5.75 Å². The van der Waals surface area contributed by atoms with Crippen LogP contribution in [-0.2, 0) is 16.4 Å². The summed E-state index contributed by atoms with van der Waals surface area (Å²) in [4.78, 5) is 19.7. The minimum Gasteiger partial charge on any atom is -0.507 e. The third-order valence-electron chi connectivity index (χ3n) is 6.84. The molecule has 2 heterocycles. The number of nitrogens with one attached hydrogen (secondary N) is 2. The lowest BCUT2D eigenvalue weighted by atomic mass is 9.86. The van der Waals surface area contributed by atoms with Gasteiger partial charge in [0.05, 0.1) is 5.56 Å². The zero-order valence-corrected chi connectivity index (χ0v) is 21.2. The maximum Gasteiger partial charge on any atom is 0.343 e. The summed E-state index contributed by atoms with van der Waals surface area (Å²) in [6.45, 7) is 2.03. The lowest BCUT2D eigenvalue weighted by Crippen LogP contribution is -2.18. The van der Waals surface area contributed by atoms with Crippen LogP contribution in [0.25, 0.3) is 0 Å². The first kappa shape index (κ1) is 24.8. The normalized spacial score (nSPS) is 15.3. The number of sulfonamides is 1. The molecule has 0 spiro atoms. The zero-order valence-electron chi connectivity index (χ0n) is 20.4. The summed E-state index contributed by atoms with van der Waals surface area (Å²) in [5.74, 6) is 0.0764. The van der Waals surface area contributed by atoms with E-state index in [0.717, 1.165) is 30.4 Å². The molecule has 1 fully saturated rings. The fraction of sp³-hybridized carbons (Fsp3) is 0.286. The quantitative estimate of drug-likeness (QED) is 0.266. The van der Waals surface area contributed by atoms with Gasteiger partial charge >= 0.3 is 5.63 Å². The first-order valence-corrected chi connectivity index (χ1v) is 13.9. The highest BCUT2D eigenvalue weighted by Gasteiger charge is 2.38. The van der Waals surface area contributed by atoms with E-state index in [1.165, 1.54) is 12.4 Å². The third-order valence-corrected chi connectivity index (χ3v) is 8.07. The van der Waals surface area contributed by atoms with Crippen LogP contribution in [0.4, 0.5) is 5.69 Å². The van der Waals surface area contributed by atoms with Crippen LogP contribution in [0.15, 0.2) is 87.4 Å². The molecule has 1 saturated carbocycles. The van der Waals surface area contributed by atoms with Gasteiger partial charge in [-0.25, -0.2) is 9.78 Å². The first-order chi connectivity index (χ1) is 17.9. The predicted octanol–water partition coefficient (Wildman–Crippen LogP) is 5.15. The van der Waals surface area contributed by atoms with Gasteiger partial charge in [0.25, 0.3) is 10.0 Å². The lowest BCUT2D eigenvalue weighted by molar-refractivity contribution is 0.379. The summed E-state index contributed by atoms with van der Waals surface area (Å²) in [7, 11) is -3.89. The molecule has 4 aromatic rings. The van der Waals surface area contributed by atoms with Crippen molar-refractivity contribution >= 4 is 15.7 Å². The number of aromatic hydroxyl groups is 1. The molecule has 0 saturated heterocycles. The van der Waals surface area contributed by atoms with Crippen molar-refractivity contribution in [3.63, 3.8) is 0 Å². The number of H-pyrrole nitrogens is 1. The Balaban J connectivity index is 1.46. The molecule has 8 nitrogen and oxygen atoms in total. The maximum absolute atomic E-state index is 13.3. The minimum atomic E-state index is -3.89. The summed E-state index contributed by atoms with van der Waals surface area (Å²) in [5.41, 5.74) is 1.86. The molecule has 3 N–H and O–H groups in total. The monoisotopic (exact) mass is 519 g/mol. The van der Waals surface area contributed by atoms with Crippen molar-refractivity contribution in [2.24, 2.45) is 5.92 Å². The number of aromatic amines is 1. The average molecular weight is 520 g/mol. The van der Waals surface area contributed by atoms with Crippen LogP contribution in [0.3, 0.4) is 0 Å². The minimum absolute atomic E-state index is 0.0474. The summed E-state index contributed by atoms with van der Waals surface area (Å²) in [5, 5.41) is 10.9. The number of nitrogens with zero attached hydrogens (tertiary/aromatic N) is 1. The molecule has 1 aliphatic carbocycles. The van der Waals surface area contributed by atoms with Crippen molar-refractivity contribution in [3.05, 3.63) is 106 Å². The number of hydrogen-bond acceptors (Lipinski definition) is 6. The Hall–Kier alpha value is -3.85. The number of aromatic nitrogens is 2. The topological polar surface area (TPSA) is 125 Å². The molecule has 0 bridgehead atoms. The van der Waals surface area contributed by atoms with Gasteiger partial charge in [0.15, 0.2) is 0 Å². The molecule has 5 rings (SSSR count). The van der Waals surface area contributed by atoms with Gasteiger partial charge in [-0.1, -0.05) is 49.4 Å². The van der Waals surface area contributed by atoms with E-state index in [1.807, 2.05) is 43.3 Å². The van der Waals surface area contributed by atoms with Gasteiger partial charge in [-0.05, 0) is 54.9 Å². The smallest absolute Gasteiger partial charge is 0.343 e. The lowest BCUT2D eigenvalue weighted by Gasteiger charge is -2.20. The first-order valence-electron chi connectivity index (χ1n) is 12.4. The van der Waals surface area contributed by atoms with E-state index in [-0.39, 0.29) is 28.3 Å². The van der Waals surface area contributed by atoms with Crippen molar-refractivity contribution in [1.29, 1.82) is 0 Å². The Morgan fingerprint density at radius 3 is 2.57 bits per heavy atom. The van der Waals surface area contributed by atoms with Crippen LogP contribution >= 0.6 is 0 Å². The number of imidazole rings is 1. The zero-order chi connectivity index (χ0) is 26.0. The highest BCUT2D eigenvalue weighted by Crippen LogP contribution is 2.48. The van der Waals surface area contributed by atoms with Crippen LogP contribution in [0.2, 0.25) is 0 Å². The SMILES string of the molecule is CC[C@H](Cc1ccccc1)c1cc(O)c(C(c2cccc(NS(=O)(=O)c3ncc[nH]3)c2)C2CC2)c(=O)o1. The third kappa shape index (κ3) is 5.46. The second kappa shape index (κ2) is 10.3. The van der Waals surface area contributed by atoms with E-state index in [1.54, 1.807) is 24.3 Å². The standard InChI is InChI=1S/C28H29N3O5S/c1-2-19(15-18-7-4-3-5-8-18)24-17-23(32)26(27(33)36-24)25(20-11-12-20)21-9-6-10-22(16-21)31-37(34,35)28-29-13-14-30-28/h3-10,13-14,16-17,19-20,25,31-32H,2,11-12,15H2,1H3,(H,29,30)/t19-,25?/m1/s1. The van der Waals surface area contributed by atoms with E-state index in [4.69, 9.17) is 4.42 Å². The number of benzene rings is 2. The van der Waals surface area contributed by atoms with Gasteiger partial charge in [-0.3, -0.25) is 4.72 Å². The number of anilines is 1. The van der Waals surface area contributed by atoms with Crippen LogP contribution in [0.1, 0.15) is 60.5 Å². The van der Waals surface area contributed by atoms with Crippen molar-refractivity contribution in [1.82, 2.24) is 9.97 Å². The van der Waals surface area contributed by atoms with E-state index in [9.17, 15) is 18.3 Å². The van der Waals surface area contributed by atoms with Crippen molar-refractivity contribution in [2.45, 2.75) is 49.6 Å². The molecule has 9 heteroatoms. The summed E-state index contributed by atoms with van der Waals surface area (Å²) >= 11 is 0. The van der Waals surface area contributed by atoms with Crippen LogP contribution in [0, 0.1) is 5.92 Å². The van der Waals surface area contributed by atoms with Gasteiger partial charge in [-0.15, -0.1) is 0 Å². The maximum atomic E-state index is 13.3. The Kier molecular flexibility index (Phi) is 6.88. The molecule has 0 radical (unpaired) electrons. The average Bonchev–Trinajstić information content (AvgIpc) is 3.55. The molecule has 192 valence electrons. The Labute approximate surface area is 215 Å². The molecule has 2 atom stereocenters. The second-order valence-corrected chi connectivity index (χ2v) is 11.1. The van der Waals surface area contributed by atoms with Crippen LogP contribution < -0.4 is 10.3 Å². The molecular formula is C28H29N3O5S. The highest BCUT2D eigenvalue weighted by molar-refractivity contribution is 7.92. The highest BCUT2D eigenvalue weighted by atomic mass is 32.2. The molecule has 1 unspecified atom stereocenters. The number of hydrogen-bond donors (Lipinski definition) is 3. The van der Waals surface area contributed by atoms with Gasteiger partial charge in [0.2, 0.25) is 5.16 Å². The second-order valence-electron chi connectivity index (χ2n) is 9.47. The Bertz CT molecular complexity index is 1530. The molecule has 37 heavy (non-hydrogen) atoms. The largest absolute Gasteiger partial charge is 0.507 e. The fourth-order valence-corrected chi connectivity index (χ4v) is 5.80. The Morgan fingerprint density at radius 2 is 1.92 bits per heavy atom. The van der Waals surface area contributed by atoms with Crippen molar-refractivity contribution in [2.75, 3.05) is 4.72 Å². The molecule has 1 aliphatic rings. The van der Waals surface area contributed by atoms with Crippen LogP contribution in [-0.4, -0.2) is 23.5 Å². The summed E-state index contributed by atoms with van der Waals surface area (Å²) < 4.78 is 33.6. The van der Waals surface area contributed by atoms with Gasteiger partial charge in [-0.2, -0.15) is 8.42 Å².